The molecule has 0 atom stereocenters. The van der Waals surface area contributed by atoms with Crippen molar-refractivity contribution in [2.75, 3.05) is 40.5 Å². The first-order valence-electron chi connectivity index (χ1n) is 6.88. The Labute approximate surface area is 126 Å². The quantitative estimate of drug-likeness (QED) is 0.680. The van der Waals surface area contributed by atoms with Gasteiger partial charge in [0.25, 0.3) is 0 Å². The van der Waals surface area contributed by atoms with Crippen LogP contribution in [-0.4, -0.2) is 63.0 Å². The van der Waals surface area contributed by atoms with E-state index in [1.807, 2.05) is 13.8 Å². The summed E-state index contributed by atoms with van der Waals surface area (Å²) < 4.78 is 38.5. The van der Waals surface area contributed by atoms with Gasteiger partial charge in [-0.3, -0.25) is 4.68 Å². The van der Waals surface area contributed by atoms with Crippen molar-refractivity contribution in [3.8, 4) is 0 Å². The van der Waals surface area contributed by atoms with Crippen molar-refractivity contribution >= 4 is 10.0 Å². The smallest absolute Gasteiger partial charge is 0.246 e. The highest BCUT2D eigenvalue weighted by Crippen LogP contribution is 2.20. The molecule has 7 nitrogen and oxygen atoms in total. The number of rotatable bonds is 9. The third-order valence-corrected chi connectivity index (χ3v) is 5.11. The van der Waals surface area contributed by atoms with E-state index in [9.17, 15) is 8.42 Å². The minimum atomic E-state index is -3.60. The maximum absolute atomic E-state index is 12.8. The highest BCUT2D eigenvalue weighted by atomic mass is 32.2. The fraction of sp³-hybridized carbons (Fsp3) is 0.769. The maximum Gasteiger partial charge on any atom is 0.246 e. The molecule has 0 aromatic carbocycles. The molecular weight excluding hydrogens is 294 g/mol. The molecule has 0 bridgehead atoms. The number of aryl methyl sites for hydroxylation is 1. The minimum absolute atomic E-state index is 0.110. The van der Waals surface area contributed by atoms with E-state index in [0.717, 1.165) is 0 Å². The van der Waals surface area contributed by atoms with Crippen LogP contribution >= 0.6 is 0 Å². The van der Waals surface area contributed by atoms with Gasteiger partial charge in [-0.25, -0.2) is 8.42 Å². The fourth-order valence-electron chi connectivity index (χ4n) is 1.86. The Kier molecular flexibility index (Phi) is 6.79. The summed E-state index contributed by atoms with van der Waals surface area (Å²) in [6.45, 7) is 6.85. The number of ether oxygens (including phenoxy) is 2. The molecule has 0 saturated carbocycles. The minimum Gasteiger partial charge on any atom is -0.383 e. The lowest BCUT2D eigenvalue weighted by Crippen LogP contribution is -2.36. The van der Waals surface area contributed by atoms with Crippen LogP contribution in [0.5, 0.6) is 0 Å². The normalized spacial score (nSPS) is 12.5. The van der Waals surface area contributed by atoms with E-state index in [0.29, 0.717) is 18.9 Å². The van der Waals surface area contributed by atoms with Gasteiger partial charge in [-0.2, -0.15) is 9.40 Å². The maximum atomic E-state index is 12.8. The molecule has 8 heteroatoms. The van der Waals surface area contributed by atoms with E-state index >= 15 is 0 Å². The van der Waals surface area contributed by atoms with Crippen molar-refractivity contribution in [3.05, 3.63) is 11.9 Å². The number of nitrogens with zero attached hydrogens (tertiary/aromatic N) is 3. The molecule has 1 rings (SSSR count). The van der Waals surface area contributed by atoms with Gasteiger partial charge in [0.2, 0.25) is 10.0 Å². The molecule has 1 aromatic rings. The molecule has 0 N–H and O–H groups in total. The standard InChI is InChI=1S/C13H25N3O4S/c1-11(2)16-10-13(12(3)14-16)21(17,18)15(6-8-19-4)7-9-20-5/h10-11H,6-9H2,1-5H3. The Morgan fingerprint density at radius 2 is 1.76 bits per heavy atom. The van der Waals surface area contributed by atoms with Crippen LogP contribution in [0.4, 0.5) is 0 Å². The topological polar surface area (TPSA) is 73.7 Å². The largest absolute Gasteiger partial charge is 0.383 e. The van der Waals surface area contributed by atoms with Crippen molar-refractivity contribution in [2.24, 2.45) is 0 Å². The summed E-state index contributed by atoms with van der Waals surface area (Å²) in [5, 5.41) is 4.27. The Morgan fingerprint density at radius 3 is 2.14 bits per heavy atom. The van der Waals surface area contributed by atoms with E-state index in [4.69, 9.17) is 9.47 Å². The lowest BCUT2D eigenvalue weighted by Gasteiger charge is -2.21. The highest BCUT2D eigenvalue weighted by Gasteiger charge is 2.28. The molecule has 21 heavy (non-hydrogen) atoms. The number of hydrogen-bond acceptors (Lipinski definition) is 5. The highest BCUT2D eigenvalue weighted by molar-refractivity contribution is 7.89. The van der Waals surface area contributed by atoms with Crippen LogP contribution in [0.15, 0.2) is 11.1 Å². The van der Waals surface area contributed by atoms with E-state index in [1.165, 1.54) is 4.31 Å². The Balaban J connectivity index is 3.09. The second-order valence-electron chi connectivity index (χ2n) is 5.04. The summed E-state index contributed by atoms with van der Waals surface area (Å²) in [4.78, 5) is 0.239. The predicted octanol–water partition coefficient (Wildman–Crippen LogP) is 1.06. The van der Waals surface area contributed by atoms with Crippen LogP contribution in [-0.2, 0) is 19.5 Å². The fourth-order valence-corrected chi connectivity index (χ4v) is 3.42. The summed E-state index contributed by atoms with van der Waals surface area (Å²) in [5.74, 6) is 0. The third-order valence-electron chi connectivity index (χ3n) is 3.11. The van der Waals surface area contributed by atoms with Crippen molar-refractivity contribution in [1.82, 2.24) is 14.1 Å². The SMILES string of the molecule is COCCN(CCOC)S(=O)(=O)c1cn(C(C)C)nc1C. The average Bonchev–Trinajstić information content (AvgIpc) is 2.81. The van der Waals surface area contributed by atoms with Gasteiger partial charge in [0, 0.05) is 39.5 Å². The summed E-state index contributed by atoms with van der Waals surface area (Å²) in [7, 11) is -0.509. The average molecular weight is 319 g/mol. The van der Waals surface area contributed by atoms with Gasteiger partial charge in [-0.1, -0.05) is 0 Å². The zero-order valence-corrected chi connectivity index (χ0v) is 14.2. The van der Waals surface area contributed by atoms with Crippen molar-refractivity contribution in [2.45, 2.75) is 31.7 Å². The lowest BCUT2D eigenvalue weighted by molar-refractivity contribution is 0.150. The summed E-state index contributed by atoms with van der Waals surface area (Å²) in [6.07, 6.45) is 1.59. The summed E-state index contributed by atoms with van der Waals surface area (Å²) in [5.41, 5.74) is 0.503. The Bertz CT molecular complexity index is 532. The monoisotopic (exact) mass is 319 g/mol. The lowest BCUT2D eigenvalue weighted by atomic mass is 10.4. The first kappa shape index (κ1) is 18.1. The van der Waals surface area contributed by atoms with Gasteiger partial charge in [0.1, 0.15) is 4.90 Å². The number of sulfonamides is 1. The number of aromatic nitrogens is 2. The molecule has 0 fully saturated rings. The Morgan fingerprint density at radius 1 is 1.24 bits per heavy atom. The van der Waals surface area contributed by atoms with Crippen LogP contribution in [0.1, 0.15) is 25.6 Å². The van der Waals surface area contributed by atoms with E-state index in [1.54, 1.807) is 32.0 Å². The third kappa shape index (κ3) is 4.50. The van der Waals surface area contributed by atoms with Crippen LogP contribution in [0.3, 0.4) is 0 Å². The molecule has 0 spiro atoms. The van der Waals surface area contributed by atoms with Crippen molar-refractivity contribution in [3.63, 3.8) is 0 Å². The van der Waals surface area contributed by atoms with Crippen LogP contribution in [0, 0.1) is 6.92 Å². The summed E-state index contributed by atoms with van der Waals surface area (Å²) >= 11 is 0. The molecule has 0 aliphatic carbocycles. The van der Waals surface area contributed by atoms with Crippen LogP contribution < -0.4 is 0 Å². The van der Waals surface area contributed by atoms with Gasteiger partial charge in [-0.15, -0.1) is 0 Å². The molecule has 0 aliphatic heterocycles. The molecule has 0 unspecified atom stereocenters. The summed E-state index contributed by atoms with van der Waals surface area (Å²) in [6, 6.07) is 0.110. The van der Waals surface area contributed by atoms with Gasteiger partial charge < -0.3 is 9.47 Å². The van der Waals surface area contributed by atoms with E-state index in [2.05, 4.69) is 5.10 Å². The molecule has 0 amide bonds. The van der Waals surface area contributed by atoms with Crippen molar-refractivity contribution < 1.29 is 17.9 Å². The molecule has 1 heterocycles. The molecule has 0 saturated heterocycles. The van der Waals surface area contributed by atoms with E-state index < -0.39 is 10.0 Å². The number of methoxy groups -OCH3 is 2. The van der Waals surface area contributed by atoms with Crippen LogP contribution in [0.25, 0.3) is 0 Å². The molecule has 122 valence electrons. The first-order chi connectivity index (χ1) is 9.84. The second-order valence-corrected chi connectivity index (χ2v) is 6.95. The van der Waals surface area contributed by atoms with Gasteiger partial charge >= 0.3 is 0 Å². The second kappa shape index (κ2) is 7.88. The molecule has 1 aromatic heterocycles. The molecule has 0 radical (unpaired) electrons. The van der Waals surface area contributed by atoms with Crippen molar-refractivity contribution in [1.29, 1.82) is 0 Å². The molecular formula is C13H25N3O4S. The van der Waals surface area contributed by atoms with Crippen LogP contribution in [0.2, 0.25) is 0 Å². The van der Waals surface area contributed by atoms with Gasteiger partial charge in [0.05, 0.1) is 18.9 Å². The zero-order valence-electron chi connectivity index (χ0n) is 13.4. The zero-order chi connectivity index (χ0) is 16.0. The first-order valence-corrected chi connectivity index (χ1v) is 8.32. The van der Waals surface area contributed by atoms with Gasteiger partial charge in [0.15, 0.2) is 0 Å². The number of hydrogen-bond donors (Lipinski definition) is 0. The predicted molar refractivity (Wildman–Crippen MR) is 79.9 cm³/mol. The van der Waals surface area contributed by atoms with E-state index in [-0.39, 0.29) is 24.0 Å². The molecule has 0 aliphatic rings. The van der Waals surface area contributed by atoms with Gasteiger partial charge in [-0.05, 0) is 20.8 Å². The Hall–Kier alpha value is -0.960.